The second-order valence-corrected chi connectivity index (χ2v) is 9.12. The van der Waals surface area contributed by atoms with E-state index in [-0.39, 0.29) is 35.8 Å². The van der Waals surface area contributed by atoms with E-state index in [0.29, 0.717) is 25.1 Å². The van der Waals surface area contributed by atoms with Gasteiger partial charge in [0.2, 0.25) is 11.8 Å². The number of ether oxygens (including phenoxy) is 1. The lowest BCUT2D eigenvalue weighted by Crippen LogP contribution is -2.62. The summed E-state index contributed by atoms with van der Waals surface area (Å²) < 4.78 is 6.27. The molecule has 5 rings (SSSR count). The molecule has 3 heterocycles. The fraction of sp³-hybridized carbons (Fsp3) is 0.609. The monoisotopic (exact) mass is 426 g/mol. The van der Waals surface area contributed by atoms with Gasteiger partial charge in [0.05, 0.1) is 12.2 Å². The third kappa shape index (κ3) is 3.77. The van der Waals surface area contributed by atoms with E-state index in [2.05, 4.69) is 16.0 Å². The second kappa shape index (κ2) is 8.33. The number of fused-ring (bicyclic) bond motifs is 1. The summed E-state index contributed by atoms with van der Waals surface area (Å²) in [6, 6.07) is 5.59. The Balaban J connectivity index is 1.32. The van der Waals surface area contributed by atoms with E-state index in [4.69, 9.17) is 4.74 Å². The van der Waals surface area contributed by atoms with E-state index in [1.807, 2.05) is 18.2 Å². The minimum atomic E-state index is -0.582. The highest BCUT2D eigenvalue weighted by Gasteiger charge is 2.43. The number of imide groups is 1. The highest BCUT2D eigenvalue weighted by Crippen LogP contribution is 2.34. The van der Waals surface area contributed by atoms with Gasteiger partial charge in [0.15, 0.2) is 0 Å². The van der Waals surface area contributed by atoms with Crippen LogP contribution >= 0.6 is 0 Å². The van der Waals surface area contributed by atoms with Gasteiger partial charge in [0.1, 0.15) is 6.04 Å². The zero-order chi connectivity index (χ0) is 21.4. The summed E-state index contributed by atoms with van der Waals surface area (Å²) >= 11 is 0. The van der Waals surface area contributed by atoms with Crippen LogP contribution in [0.4, 0.5) is 0 Å². The zero-order valence-electron chi connectivity index (χ0n) is 17.7. The Morgan fingerprint density at radius 1 is 1.19 bits per heavy atom. The van der Waals surface area contributed by atoms with Gasteiger partial charge in [-0.1, -0.05) is 31.0 Å². The van der Waals surface area contributed by atoms with Crippen LogP contribution < -0.4 is 16.0 Å². The molecule has 3 atom stereocenters. The predicted octanol–water partition coefficient (Wildman–Crippen LogP) is 0.838. The summed E-state index contributed by atoms with van der Waals surface area (Å²) in [7, 11) is 0. The quantitative estimate of drug-likeness (QED) is 0.617. The molecule has 3 aliphatic heterocycles. The van der Waals surface area contributed by atoms with Crippen LogP contribution in [0, 0.1) is 0 Å². The average molecular weight is 427 g/mol. The van der Waals surface area contributed by atoms with Gasteiger partial charge < -0.3 is 20.3 Å². The largest absolute Gasteiger partial charge is 0.371 e. The molecule has 1 saturated carbocycles. The number of piperidine rings is 1. The van der Waals surface area contributed by atoms with E-state index in [0.717, 1.165) is 43.7 Å². The number of hydrogen-bond acceptors (Lipinski definition) is 6. The lowest BCUT2D eigenvalue weighted by molar-refractivity contribution is -0.136. The average Bonchev–Trinajstić information content (AvgIpc) is 3.11. The summed E-state index contributed by atoms with van der Waals surface area (Å²) in [6.07, 6.45) is 5.12. The van der Waals surface area contributed by atoms with E-state index < -0.39 is 6.04 Å². The van der Waals surface area contributed by atoms with Crippen LogP contribution in [-0.4, -0.2) is 60.0 Å². The van der Waals surface area contributed by atoms with Crippen LogP contribution in [0.15, 0.2) is 18.2 Å². The molecule has 2 saturated heterocycles. The summed E-state index contributed by atoms with van der Waals surface area (Å²) in [6.45, 7) is 3.49. The lowest BCUT2D eigenvalue weighted by atomic mass is 9.79. The van der Waals surface area contributed by atoms with Crippen molar-refractivity contribution in [3.8, 4) is 0 Å². The topological polar surface area (TPSA) is 99.8 Å². The van der Waals surface area contributed by atoms with Crippen molar-refractivity contribution in [1.82, 2.24) is 20.9 Å². The number of amides is 3. The number of morpholine rings is 1. The van der Waals surface area contributed by atoms with Gasteiger partial charge >= 0.3 is 0 Å². The van der Waals surface area contributed by atoms with Crippen LogP contribution in [0.25, 0.3) is 0 Å². The molecule has 1 aromatic rings. The lowest BCUT2D eigenvalue weighted by Gasteiger charge is -2.47. The molecule has 8 nitrogen and oxygen atoms in total. The zero-order valence-corrected chi connectivity index (χ0v) is 17.7. The Morgan fingerprint density at radius 3 is 2.90 bits per heavy atom. The second-order valence-electron chi connectivity index (χ2n) is 9.12. The minimum Gasteiger partial charge on any atom is -0.371 e. The Hall–Kier alpha value is -2.29. The van der Waals surface area contributed by atoms with Crippen molar-refractivity contribution in [2.45, 2.75) is 69.3 Å². The van der Waals surface area contributed by atoms with Gasteiger partial charge in [-0.2, -0.15) is 0 Å². The molecule has 1 aromatic carbocycles. The molecular weight excluding hydrogens is 396 g/mol. The highest BCUT2D eigenvalue weighted by molar-refractivity contribution is 6.05. The molecule has 1 unspecified atom stereocenters. The van der Waals surface area contributed by atoms with Crippen LogP contribution in [-0.2, 0) is 27.4 Å². The van der Waals surface area contributed by atoms with E-state index in [1.54, 1.807) is 4.90 Å². The number of carbonyl (C=O) groups is 3. The summed E-state index contributed by atoms with van der Waals surface area (Å²) in [5, 5.41) is 9.55. The molecular formula is C23H30N4O4. The molecule has 166 valence electrons. The number of hydrogen-bond donors (Lipinski definition) is 3. The standard InChI is InChI=1S/C23H30N4O4/c28-19-8-7-17(21(29)26-19)27-13-16-5-3-4-15(20(16)22(27)30)12-25-18-6-1-2-9-23(18)14-24-10-11-31-23/h3-5,17-18,24-25H,1-2,6-14H2,(H,26,28,29)/t17?,18-,23-/m1/s1. The first-order valence-corrected chi connectivity index (χ1v) is 11.4. The number of nitrogens with zero attached hydrogens (tertiary/aromatic N) is 1. The third-order valence-corrected chi connectivity index (χ3v) is 7.25. The SMILES string of the molecule is O=C1CCC(N2Cc3cccc(CN[C@@H]4CCCC[C@@]45CNCCO5)c3C2=O)C(=O)N1. The molecule has 8 heteroatoms. The summed E-state index contributed by atoms with van der Waals surface area (Å²) in [5.41, 5.74) is 2.44. The van der Waals surface area contributed by atoms with E-state index in [9.17, 15) is 14.4 Å². The van der Waals surface area contributed by atoms with E-state index in [1.165, 1.54) is 12.8 Å². The Bertz CT molecular complexity index is 887. The van der Waals surface area contributed by atoms with Crippen molar-refractivity contribution >= 4 is 17.7 Å². The van der Waals surface area contributed by atoms with Crippen molar-refractivity contribution in [3.63, 3.8) is 0 Å². The maximum absolute atomic E-state index is 13.3. The molecule has 0 bridgehead atoms. The molecule has 31 heavy (non-hydrogen) atoms. The molecule has 4 aliphatic rings. The van der Waals surface area contributed by atoms with Gasteiger partial charge in [-0.05, 0) is 30.4 Å². The molecule has 3 amide bonds. The third-order valence-electron chi connectivity index (χ3n) is 7.25. The maximum Gasteiger partial charge on any atom is 0.255 e. The molecule has 1 spiro atoms. The Labute approximate surface area is 182 Å². The Morgan fingerprint density at radius 2 is 2.10 bits per heavy atom. The van der Waals surface area contributed by atoms with Crippen LogP contribution in [0.3, 0.4) is 0 Å². The summed E-state index contributed by atoms with van der Waals surface area (Å²) in [5.74, 6) is -0.754. The molecule has 3 N–H and O–H groups in total. The highest BCUT2D eigenvalue weighted by atomic mass is 16.5. The van der Waals surface area contributed by atoms with Crippen LogP contribution in [0.1, 0.15) is 60.0 Å². The van der Waals surface area contributed by atoms with E-state index >= 15 is 0 Å². The van der Waals surface area contributed by atoms with Gasteiger partial charge in [0, 0.05) is 44.2 Å². The van der Waals surface area contributed by atoms with Gasteiger partial charge in [0.25, 0.3) is 5.91 Å². The first-order chi connectivity index (χ1) is 15.1. The fourth-order valence-electron chi connectivity index (χ4n) is 5.63. The van der Waals surface area contributed by atoms with Crippen molar-refractivity contribution < 1.29 is 19.1 Å². The van der Waals surface area contributed by atoms with Crippen molar-refractivity contribution in [1.29, 1.82) is 0 Å². The number of benzene rings is 1. The minimum absolute atomic E-state index is 0.115. The maximum atomic E-state index is 13.3. The van der Waals surface area contributed by atoms with Gasteiger partial charge in [-0.3, -0.25) is 19.7 Å². The fourth-order valence-corrected chi connectivity index (χ4v) is 5.63. The molecule has 0 aromatic heterocycles. The molecule has 1 aliphatic carbocycles. The first kappa shape index (κ1) is 20.6. The normalized spacial score (nSPS) is 31.1. The molecule has 0 radical (unpaired) electrons. The predicted molar refractivity (Wildman–Crippen MR) is 113 cm³/mol. The van der Waals surface area contributed by atoms with Crippen LogP contribution in [0.2, 0.25) is 0 Å². The van der Waals surface area contributed by atoms with Gasteiger partial charge in [-0.15, -0.1) is 0 Å². The molecule has 3 fully saturated rings. The number of nitrogens with one attached hydrogen (secondary N) is 3. The smallest absolute Gasteiger partial charge is 0.255 e. The summed E-state index contributed by atoms with van der Waals surface area (Å²) in [4.78, 5) is 38.7. The Kier molecular flexibility index (Phi) is 5.54. The van der Waals surface area contributed by atoms with Crippen LogP contribution in [0.5, 0.6) is 0 Å². The van der Waals surface area contributed by atoms with Crippen molar-refractivity contribution in [2.24, 2.45) is 0 Å². The first-order valence-electron chi connectivity index (χ1n) is 11.4. The number of carbonyl (C=O) groups excluding carboxylic acids is 3. The van der Waals surface area contributed by atoms with Gasteiger partial charge in [-0.25, -0.2) is 0 Å². The number of rotatable bonds is 4. The van der Waals surface area contributed by atoms with Crippen molar-refractivity contribution in [2.75, 3.05) is 19.7 Å². The van der Waals surface area contributed by atoms with Crippen molar-refractivity contribution in [3.05, 3.63) is 34.9 Å².